The van der Waals surface area contributed by atoms with Crippen LogP contribution in [-0.2, 0) is 12.5 Å². The van der Waals surface area contributed by atoms with Gasteiger partial charge in [-0.3, -0.25) is 4.68 Å². The van der Waals surface area contributed by atoms with Gasteiger partial charge in [-0.1, -0.05) is 25.3 Å². The van der Waals surface area contributed by atoms with Crippen LogP contribution in [0.2, 0.25) is 0 Å². The first kappa shape index (κ1) is 12.2. The molecule has 17 heavy (non-hydrogen) atoms. The summed E-state index contributed by atoms with van der Waals surface area (Å²) in [6.07, 6.45) is 1.06. The highest BCUT2D eigenvalue weighted by molar-refractivity contribution is 7.05. The zero-order chi connectivity index (χ0) is 12.6. The molecule has 6 heteroatoms. The molecule has 0 saturated carbocycles. The van der Waals surface area contributed by atoms with Crippen LogP contribution in [0.25, 0.3) is 0 Å². The van der Waals surface area contributed by atoms with E-state index in [1.165, 1.54) is 11.5 Å². The van der Waals surface area contributed by atoms with Gasteiger partial charge in [-0.05, 0) is 17.6 Å². The summed E-state index contributed by atoms with van der Waals surface area (Å²) in [6, 6.07) is 1.80. The highest BCUT2D eigenvalue weighted by Crippen LogP contribution is 2.32. The van der Waals surface area contributed by atoms with E-state index in [0.717, 1.165) is 10.6 Å². The number of hydrogen-bond acceptors (Lipinski definition) is 5. The van der Waals surface area contributed by atoms with E-state index < -0.39 is 6.10 Å². The lowest BCUT2D eigenvalue weighted by Crippen LogP contribution is -2.16. The number of aliphatic hydroxyl groups is 1. The molecule has 0 bridgehead atoms. The number of hydrogen-bond donors (Lipinski definition) is 1. The van der Waals surface area contributed by atoms with Gasteiger partial charge in [-0.25, -0.2) is 0 Å². The van der Waals surface area contributed by atoms with Crippen LogP contribution >= 0.6 is 11.5 Å². The summed E-state index contributed by atoms with van der Waals surface area (Å²) >= 11 is 1.23. The van der Waals surface area contributed by atoms with Crippen LogP contribution in [0.15, 0.2) is 12.3 Å². The average Bonchev–Trinajstić information content (AvgIpc) is 2.83. The summed E-state index contributed by atoms with van der Waals surface area (Å²) in [4.78, 5) is 0.774. The Bertz CT molecular complexity index is 512. The summed E-state index contributed by atoms with van der Waals surface area (Å²) in [5.74, 6) is 0. The Labute approximate surface area is 104 Å². The van der Waals surface area contributed by atoms with Crippen LogP contribution in [0, 0.1) is 0 Å². The minimum atomic E-state index is -0.745. The summed E-state index contributed by atoms with van der Waals surface area (Å²) in [7, 11) is 1.83. The number of aryl methyl sites for hydroxylation is 1. The van der Waals surface area contributed by atoms with Gasteiger partial charge >= 0.3 is 0 Å². The Morgan fingerprint density at radius 2 is 2.12 bits per heavy atom. The predicted molar refractivity (Wildman–Crippen MR) is 65.9 cm³/mol. The van der Waals surface area contributed by atoms with Crippen molar-refractivity contribution in [2.24, 2.45) is 7.05 Å². The number of rotatable bonds is 2. The van der Waals surface area contributed by atoms with Crippen molar-refractivity contribution in [3.05, 3.63) is 28.5 Å². The second kappa shape index (κ2) is 4.19. The van der Waals surface area contributed by atoms with Gasteiger partial charge in [0, 0.05) is 18.7 Å². The fourth-order valence-corrected chi connectivity index (χ4v) is 2.47. The third kappa shape index (κ3) is 2.37. The average molecular weight is 252 g/mol. The standard InChI is InChI=1S/C11H16N4OS/c1-11(2,3)10-9(17-14-12-10)8(16)7-5-6-15(4)13-7/h5-6,8,16H,1-4H3. The summed E-state index contributed by atoms with van der Waals surface area (Å²) < 4.78 is 5.61. The lowest BCUT2D eigenvalue weighted by Gasteiger charge is -2.18. The van der Waals surface area contributed by atoms with E-state index >= 15 is 0 Å². The molecule has 2 rings (SSSR count). The van der Waals surface area contributed by atoms with Gasteiger partial charge < -0.3 is 5.11 Å². The zero-order valence-corrected chi connectivity index (χ0v) is 11.2. The molecule has 1 N–H and O–H groups in total. The van der Waals surface area contributed by atoms with Crippen molar-refractivity contribution in [3.8, 4) is 0 Å². The van der Waals surface area contributed by atoms with Crippen LogP contribution in [0.3, 0.4) is 0 Å². The molecule has 2 heterocycles. The monoisotopic (exact) mass is 252 g/mol. The Kier molecular flexibility index (Phi) is 3.01. The van der Waals surface area contributed by atoms with Gasteiger partial charge in [-0.2, -0.15) is 5.10 Å². The molecule has 2 aromatic heterocycles. The second-order valence-corrected chi connectivity index (χ2v) is 5.84. The molecular weight excluding hydrogens is 236 g/mol. The fraction of sp³-hybridized carbons (Fsp3) is 0.545. The first-order valence-electron chi connectivity index (χ1n) is 5.40. The molecule has 0 fully saturated rings. The van der Waals surface area contributed by atoms with Crippen LogP contribution < -0.4 is 0 Å². The van der Waals surface area contributed by atoms with Crippen LogP contribution in [-0.4, -0.2) is 24.5 Å². The van der Waals surface area contributed by atoms with E-state index in [0.29, 0.717) is 5.69 Å². The summed E-state index contributed by atoms with van der Waals surface area (Å²) in [5.41, 5.74) is 1.34. The lowest BCUT2D eigenvalue weighted by atomic mass is 9.90. The van der Waals surface area contributed by atoms with E-state index in [1.54, 1.807) is 10.7 Å². The molecule has 2 aromatic rings. The highest BCUT2D eigenvalue weighted by Gasteiger charge is 2.27. The highest BCUT2D eigenvalue weighted by atomic mass is 32.1. The molecule has 5 nitrogen and oxygen atoms in total. The van der Waals surface area contributed by atoms with E-state index in [2.05, 4.69) is 35.5 Å². The molecule has 1 atom stereocenters. The first-order valence-corrected chi connectivity index (χ1v) is 6.17. The Hall–Kier alpha value is -1.27. The van der Waals surface area contributed by atoms with E-state index in [1.807, 2.05) is 13.2 Å². The van der Waals surface area contributed by atoms with Gasteiger partial charge in [0.25, 0.3) is 0 Å². The summed E-state index contributed by atoms with van der Waals surface area (Å²) in [6.45, 7) is 6.16. The minimum absolute atomic E-state index is 0.127. The molecule has 0 spiro atoms. The SMILES string of the molecule is Cn1ccc(C(O)c2snnc2C(C)(C)C)n1. The van der Waals surface area contributed by atoms with Crippen molar-refractivity contribution in [1.29, 1.82) is 0 Å². The van der Waals surface area contributed by atoms with Gasteiger partial charge in [-0.15, -0.1) is 5.10 Å². The third-order valence-electron chi connectivity index (χ3n) is 2.49. The molecular formula is C11H16N4OS. The second-order valence-electron chi connectivity index (χ2n) is 5.05. The van der Waals surface area contributed by atoms with Crippen molar-refractivity contribution < 1.29 is 5.11 Å². The number of nitrogens with zero attached hydrogens (tertiary/aromatic N) is 4. The molecule has 0 radical (unpaired) electrons. The van der Waals surface area contributed by atoms with E-state index in [9.17, 15) is 5.11 Å². The van der Waals surface area contributed by atoms with Crippen molar-refractivity contribution in [2.45, 2.75) is 32.3 Å². The lowest BCUT2D eigenvalue weighted by molar-refractivity contribution is 0.215. The Morgan fingerprint density at radius 3 is 2.65 bits per heavy atom. The van der Waals surface area contributed by atoms with Gasteiger partial charge in [0.15, 0.2) is 0 Å². The van der Waals surface area contributed by atoms with Crippen molar-refractivity contribution >= 4 is 11.5 Å². The predicted octanol–water partition coefficient (Wildman–Crippen LogP) is 1.65. The van der Waals surface area contributed by atoms with Gasteiger partial charge in [0.05, 0.1) is 16.3 Å². The Morgan fingerprint density at radius 1 is 1.41 bits per heavy atom. The number of aliphatic hydroxyl groups excluding tert-OH is 1. The van der Waals surface area contributed by atoms with Crippen LogP contribution in [0.5, 0.6) is 0 Å². The summed E-state index contributed by atoms with van der Waals surface area (Å²) in [5, 5.41) is 18.6. The fourth-order valence-electron chi connectivity index (χ4n) is 1.61. The van der Waals surface area contributed by atoms with Crippen molar-refractivity contribution in [1.82, 2.24) is 19.4 Å². The minimum Gasteiger partial charge on any atom is -0.381 e. The van der Waals surface area contributed by atoms with Crippen LogP contribution in [0.4, 0.5) is 0 Å². The molecule has 0 amide bonds. The maximum absolute atomic E-state index is 10.3. The molecule has 0 aliphatic rings. The molecule has 92 valence electrons. The molecule has 0 saturated heterocycles. The number of aromatic nitrogens is 4. The largest absolute Gasteiger partial charge is 0.381 e. The molecule has 1 unspecified atom stereocenters. The third-order valence-corrected chi connectivity index (χ3v) is 3.26. The quantitative estimate of drug-likeness (QED) is 0.882. The van der Waals surface area contributed by atoms with Crippen LogP contribution in [0.1, 0.15) is 43.1 Å². The molecule has 0 aromatic carbocycles. The normalized spacial score (nSPS) is 13.9. The van der Waals surface area contributed by atoms with Gasteiger partial charge in [0.2, 0.25) is 0 Å². The molecule has 0 aliphatic heterocycles. The smallest absolute Gasteiger partial charge is 0.135 e. The van der Waals surface area contributed by atoms with Gasteiger partial charge in [0.1, 0.15) is 6.10 Å². The van der Waals surface area contributed by atoms with Crippen molar-refractivity contribution in [2.75, 3.05) is 0 Å². The maximum Gasteiger partial charge on any atom is 0.135 e. The molecule has 0 aliphatic carbocycles. The van der Waals surface area contributed by atoms with E-state index in [4.69, 9.17) is 0 Å². The van der Waals surface area contributed by atoms with E-state index in [-0.39, 0.29) is 5.41 Å². The first-order chi connectivity index (χ1) is 7.89. The topological polar surface area (TPSA) is 63.8 Å². The van der Waals surface area contributed by atoms with Crippen molar-refractivity contribution in [3.63, 3.8) is 0 Å². The Balaban J connectivity index is 2.38. The maximum atomic E-state index is 10.3. The zero-order valence-electron chi connectivity index (χ0n) is 10.4.